The summed E-state index contributed by atoms with van der Waals surface area (Å²) in [7, 11) is 1.58. The normalized spacial score (nSPS) is 10.8. The van der Waals surface area contributed by atoms with Gasteiger partial charge in [-0.25, -0.2) is 4.98 Å². The molecule has 0 saturated heterocycles. The minimum Gasteiger partial charge on any atom is -0.332 e. The molecule has 0 atom stereocenters. The minimum atomic E-state index is -0.405. The Hall–Kier alpha value is -3.41. The first-order valence-corrected chi connectivity index (χ1v) is 11.1. The van der Waals surface area contributed by atoms with Crippen LogP contribution in [-0.4, -0.2) is 35.3 Å². The first-order valence-electron chi connectivity index (χ1n) is 10.3. The van der Waals surface area contributed by atoms with E-state index < -0.39 is 5.91 Å². The molecule has 166 valence electrons. The third-order valence-corrected chi connectivity index (χ3v) is 5.88. The lowest BCUT2D eigenvalue weighted by Crippen LogP contribution is -2.35. The Kier molecular flexibility index (Phi) is 6.63. The van der Waals surface area contributed by atoms with Gasteiger partial charge in [0, 0.05) is 18.0 Å². The summed E-state index contributed by atoms with van der Waals surface area (Å²) in [6, 6.07) is 22.2. The van der Waals surface area contributed by atoms with Crippen LogP contribution in [0.2, 0.25) is 10.0 Å². The van der Waals surface area contributed by atoms with E-state index in [1.807, 2.05) is 55.5 Å². The van der Waals surface area contributed by atoms with E-state index in [1.54, 1.807) is 31.3 Å². The molecule has 1 N–H and O–H groups in total. The maximum atomic E-state index is 13.4. The molecule has 3 aromatic carbocycles. The number of aryl methyl sites for hydroxylation is 1. The summed E-state index contributed by atoms with van der Waals surface area (Å²) in [5.41, 5.74) is 4.25. The highest BCUT2D eigenvalue weighted by atomic mass is 35.5. The molecule has 0 aliphatic rings. The molecule has 0 fully saturated rings. The number of benzene rings is 3. The number of halogens is 2. The third-order valence-electron chi connectivity index (χ3n) is 5.25. The average molecular weight is 478 g/mol. The van der Waals surface area contributed by atoms with Crippen LogP contribution in [0.3, 0.4) is 0 Å². The first kappa shape index (κ1) is 22.8. The predicted octanol–water partition coefficient (Wildman–Crippen LogP) is 6.23. The summed E-state index contributed by atoms with van der Waals surface area (Å²) < 4.78 is 0. The van der Waals surface area contributed by atoms with Gasteiger partial charge >= 0.3 is 0 Å². The van der Waals surface area contributed by atoms with Crippen LogP contribution in [0.15, 0.2) is 72.8 Å². The summed E-state index contributed by atoms with van der Waals surface area (Å²) in [5, 5.41) is 4.06. The fourth-order valence-corrected chi connectivity index (χ4v) is 4.01. The van der Waals surface area contributed by atoms with Crippen molar-refractivity contribution in [2.24, 2.45) is 0 Å². The maximum Gasteiger partial charge on any atom is 0.254 e. The number of hydrogen-bond acceptors (Lipinski definition) is 3. The Bertz CT molecular complexity index is 1330. The van der Waals surface area contributed by atoms with Gasteiger partial charge in [-0.3, -0.25) is 9.59 Å². The number of carbonyl (C=O) groups is 2. The second-order valence-corrected chi connectivity index (χ2v) is 8.56. The highest BCUT2D eigenvalue weighted by Gasteiger charge is 2.20. The van der Waals surface area contributed by atoms with E-state index in [-0.39, 0.29) is 12.5 Å². The topological polar surface area (TPSA) is 62.3 Å². The lowest BCUT2D eigenvalue weighted by Gasteiger charge is -2.19. The van der Waals surface area contributed by atoms with Crippen molar-refractivity contribution < 1.29 is 9.59 Å². The number of amides is 2. The van der Waals surface area contributed by atoms with Crippen molar-refractivity contribution >= 4 is 51.6 Å². The monoisotopic (exact) mass is 477 g/mol. The van der Waals surface area contributed by atoms with Crippen molar-refractivity contribution in [3.63, 3.8) is 0 Å². The van der Waals surface area contributed by atoms with Gasteiger partial charge in [0.15, 0.2) is 0 Å². The van der Waals surface area contributed by atoms with Crippen LogP contribution in [0.5, 0.6) is 0 Å². The van der Waals surface area contributed by atoms with E-state index in [1.165, 1.54) is 4.90 Å². The quantitative estimate of drug-likeness (QED) is 0.370. The zero-order chi connectivity index (χ0) is 23.5. The Labute approximate surface area is 202 Å². The molecule has 0 radical (unpaired) electrons. The number of hydrogen-bond donors (Lipinski definition) is 1. The molecule has 5 nitrogen and oxygen atoms in total. The van der Waals surface area contributed by atoms with Crippen molar-refractivity contribution in [2.45, 2.75) is 6.92 Å². The molecular weight excluding hydrogens is 457 g/mol. The van der Waals surface area contributed by atoms with Gasteiger partial charge in [-0.15, -0.1) is 0 Å². The van der Waals surface area contributed by atoms with Gasteiger partial charge in [0.05, 0.1) is 39.1 Å². The minimum absolute atomic E-state index is 0.170. The maximum absolute atomic E-state index is 13.4. The fourth-order valence-electron chi connectivity index (χ4n) is 3.51. The number of anilines is 1. The van der Waals surface area contributed by atoms with E-state index in [9.17, 15) is 9.59 Å². The molecule has 4 rings (SSSR count). The fraction of sp³-hybridized carbons (Fsp3) is 0.115. The standard InChI is InChI=1S/C26H21Cl2N3O2/c1-16-10-12-17(13-11-16)23-14-19(18-6-3-4-9-22(18)29-23)26(33)31(2)15-24(32)30-25-20(27)7-5-8-21(25)28/h3-14H,15H2,1-2H3,(H,30,32). The number of likely N-dealkylation sites (N-methyl/N-ethyl adjacent to an activating group) is 1. The van der Waals surface area contributed by atoms with Gasteiger partial charge in [-0.05, 0) is 31.2 Å². The number of fused-ring (bicyclic) bond motifs is 1. The van der Waals surface area contributed by atoms with Crippen LogP contribution >= 0.6 is 23.2 Å². The van der Waals surface area contributed by atoms with Crippen LogP contribution in [0.4, 0.5) is 5.69 Å². The molecule has 7 heteroatoms. The molecule has 0 unspecified atom stereocenters. The van der Waals surface area contributed by atoms with E-state index in [0.29, 0.717) is 32.5 Å². The summed E-state index contributed by atoms with van der Waals surface area (Å²) in [4.78, 5) is 32.1. The molecule has 4 aromatic rings. The number of aromatic nitrogens is 1. The second kappa shape index (κ2) is 9.61. The van der Waals surface area contributed by atoms with Crippen molar-refractivity contribution in [2.75, 3.05) is 18.9 Å². The van der Waals surface area contributed by atoms with Gasteiger partial charge in [-0.1, -0.05) is 77.3 Å². The highest BCUT2D eigenvalue weighted by molar-refractivity contribution is 6.39. The first-order chi connectivity index (χ1) is 15.8. The van der Waals surface area contributed by atoms with E-state index in [4.69, 9.17) is 28.2 Å². The van der Waals surface area contributed by atoms with Crippen LogP contribution < -0.4 is 5.32 Å². The van der Waals surface area contributed by atoms with Crippen LogP contribution in [0, 0.1) is 6.92 Å². The van der Waals surface area contributed by atoms with Crippen molar-refractivity contribution in [3.05, 3.63) is 94.0 Å². The molecule has 0 aliphatic heterocycles. The zero-order valence-corrected chi connectivity index (χ0v) is 19.6. The molecular formula is C26H21Cl2N3O2. The second-order valence-electron chi connectivity index (χ2n) is 7.74. The molecule has 1 heterocycles. The molecule has 2 amide bonds. The van der Waals surface area contributed by atoms with Gasteiger partial charge in [0.1, 0.15) is 0 Å². The third kappa shape index (κ3) is 5.00. The molecule has 0 spiro atoms. The summed E-state index contributed by atoms with van der Waals surface area (Å²) in [6.07, 6.45) is 0. The van der Waals surface area contributed by atoms with E-state index in [0.717, 1.165) is 16.5 Å². The predicted molar refractivity (Wildman–Crippen MR) is 134 cm³/mol. The molecule has 0 aliphatic carbocycles. The Morgan fingerprint density at radius 3 is 2.30 bits per heavy atom. The molecule has 0 bridgehead atoms. The van der Waals surface area contributed by atoms with Gasteiger partial charge in [-0.2, -0.15) is 0 Å². The van der Waals surface area contributed by atoms with Gasteiger partial charge < -0.3 is 10.2 Å². The largest absolute Gasteiger partial charge is 0.332 e. The van der Waals surface area contributed by atoms with Crippen molar-refractivity contribution in [1.29, 1.82) is 0 Å². The lowest BCUT2D eigenvalue weighted by atomic mass is 10.0. The number of carbonyl (C=O) groups excluding carboxylic acids is 2. The Morgan fingerprint density at radius 1 is 0.939 bits per heavy atom. The average Bonchev–Trinajstić information content (AvgIpc) is 2.80. The number of rotatable bonds is 5. The molecule has 33 heavy (non-hydrogen) atoms. The number of para-hydroxylation sites is 2. The summed E-state index contributed by atoms with van der Waals surface area (Å²) in [5.74, 6) is -0.694. The van der Waals surface area contributed by atoms with Crippen LogP contribution in [-0.2, 0) is 4.79 Å². The van der Waals surface area contributed by atoms with E-state index in [2.05, 4.69) is 5.32 Å². The molecule has 0 saturated carbocycles. The van der Waals surface area contributed by atoms with Crippen LogP contribution in [0.25, 0.3) is 22.2 Å². The smallest absolute Gasteiger partial charge is 0.254 e. The number of pyridine rings is 1. The van der Waals surface area contributed by atoms with Crippen molar-refractivity contribution in [1.82, 2.24) is 9.88 Å². The SMILES string of the molecule is Cc1ccc(-c2cc(C(=O)N(C)CC(=O)Nc3c(Cl)cccc3Cl)c3ccccc3n2)cc1. The summed E-state index contributed by atoms with van der Waals surface area (Å²) >= 11 is 12.3. The zero-order valence-electron chi connectivity index (χ0n) is 18.1. The van der Waals surface area contributed by atoms with Gasteiger partial charge in [0.25, 0.3) is 5.91 Å². The van der Waals surface area contributed by atoms with Crippen molar-refractivity contribution in [3.8, 4) is 11.3 Å². The van der Waals surface area contributed by atoms with E-state index >= 15 is 0 Å². The highest BCUT2D eigenvalue weighted by Crippen LogP contribution is 2.30. The number of nitrogens with one attached hydrogen (secondary N) is 1. The Balaban J connectivity index is 1.62. The summed E-state index contributed by atoms with van der Waals surface area (Å²) in [6.45, 7) is 1.85. The van der Waals surface area contributed by atoms with Gasteiger partial charge in [0.2, 0.25) is 5.91 Å². The molecule has 1 aromatic heterocycles. The lowest BCUT2D eigenvalue weighted by molar-refractivity contribution is -0.116. The Morgan fingerprint density at radius 2 is 1.61 bits per heavy atom. The number of nitrogens with zero attached hydrogens (tertiary/aromatic N) is 2. The van der Waals surface area contributed by atoms with Crippen LogP contribution in [0.1, 0.15) is 15.9 Å².